The molecule has 0 aliphatic carbocycles. The van der Waals surface area contributed by atoms with E-state index in [9.17, 15) is 0 Å². The van der Waals surface area contributed by atoms with Crippen molar-refractivity contribution in [2.24, 2.45) is 0 Å². The predicted octanol–water partition coefficient (Wildman–Crippen LogP) is 7.14. The van der Waals surface area contributed by atoms with Crippen LogP contribution in [0.15, 0.2) is 24.3 Å². The van der Waals surface area contributed by atoms with Gasteiger partial charge in [0.15, 0.2) is 0 Å². The van der Waals surface area contributed by atoms with Gasteiger partial charge >= 0.3 is 0 Å². The van der Waals surface area contributed by atoms with Crippen LogP contribution in [0, 0.1) is 0 Å². The Hall–Kier alpha value is -1.26. The number of aliphatic hydroxyl groups excluding tert-OH is 1. The average molecular weight is 613 g/mol. The molecule has 0 amide bonds. The van der Waals surface area contributed by atoms with Gasteiger partial charge in [-0.05, 0) is 24.1 Å². The third-order valence-corrected chi connectivity index (χ3v) is 7.05. The number of rotatable bonds is 35. The van der Waals surface area contributed by atoms with Crippen LogP contribution in [0.4, 0.5) is 0 Å². The molecule has 1 N–H and O–H groups in total. The number of aliphatic hydroxyl groups is 1. The first-order valence-electron chi connectivity index (χ1n) is 17.2. The summed E-state index contributed by atoms with van der Waals surface area (Å²) in [6.45, 7) is 9.25. The molecule has 0 aliphatic rings. The second-order valence-corrected chi connectivity index (χ2v) is 10.9. The molecule has 0 unspecified atom stereocenters. The normalized spacial score (nSPS) is 11.4. The Morgan fingerprint density at radius 1 is 0.419 bits per heavy atom. The third-order valence-electron chi connectivity index (χ3n) is 7.05. The molecule has 0 saturated carbocycles. The van der Waals surface area contributed by atoms with Crippen LogP contribution in [0.1, 0.15) is 102 Å². The largest absolute Gasteiger partial charge is 0.494 e. The molecule has 1 rings (SSSR count). The van der Waals surface area contributed by atoms with Crippen LogP contribution in [0.2, 0.25) is 0 Å². The third kappa shape index (κ3) is 29.2. The summed E-state index contributed by atoms with van der Waals surface area (Å²) >= 11 is 0. The van der Waals surface area contributed by atoms with Gasteiger partial charge in [0, 0.05) is 0 Å². The van der Waals surface area contributed by atoms with E-state index < -0.39 is 0 Å². The molecule has 0 bridgehead atoms. The smallest absolute Gasteiger partial charge is 0.119 e. The molecule has 0 aliphatic heterocycles. The molecule has 8 nitrogen and oxygen atoms in total. The van der Waals surface area contributed by atoms with Gasteiger partial charge in [0.05, 0.1) is 92.5 Å². The summed E-state index contributed by atoms with van der Waals surface area (Å²) in [6, 6.07) is 8.19. The molecule has 1 aromatic carbocycles. The molecule has 0 saturated heterocycles. The molecule has 0 fully saturated rings. The summed E-state index contributed by atoms with van der Waals surface area (Å²) in [5, 5.41) is 8.59. The van der Waals surface area contributed by atoms with E-state index in [1.807, 2.05) is 12.1 Å². The zero-order valence-corrected chi connectivity index (χ0v) is 27.4. The first kappa shape index (κ1) is 39.8. The van der Waals surface area contributed by atoms with E-state index in [1.54, 1.807) is 0 Å². The van der Waals surface area contributed by atoms with E-state index in [4.69, 9.17) is 38.3 Å². The van der Waals surface area contributed by atoms with Crippen molar-refractivity contribution in [2.75, 3.05) is 85.9 Å². The second kappa shape index (κ2) is 33.6. The fraction of sp³-hybridized carbons (Fsp3) is 0.829. The van der Waals surface area contributed by atoms with Crippen molar-refractivity contribution >= 4 is 0 Å². The van der Waals surface area contributed by atoms with Gasteiger partial charge in [-0.1, -0.05) is 103 Å². The maximum absolute atomic E-state index is 8.59. The highest BCUT2D eigenvalue weighted by molar-refractivity contribution is 5.26. The Morgan fingerprint density at radius 3 is 1.21 bits per heavy atom. The number of benzene rings is 1. The van der Waals surface area contributed by atoms with E-state index in [-0.39, 0.29) is 6.61 Å². The summed E-state index contributed by atoms with van der Waals surface area (Å²) in [7, 11) is 0. The average Bonchev–Trinajstić information content (AvgIpc) is 3.03. The lowest BCUT2D eigenvalue weighted by atomic mass is 10.0. The van der Waals surface area contributed by atoms with Crippen LogP contribution < -0.4 is 4.74 Å². The first-order chi connectivity index (χ1) is 21.4. The highest BCUT2D eigenvalue weighted by atomic mass is 16.6. The fourth-order valence-corrected chi connectivity index (χ4v) is 4.52. The van der Waals surface area contributed by atoms with Crippen molar-refractivity contribution in [2.45, 2.75) is 103 Å². The summed E-state index contributed by atoms with van der Waals surface area (Å²) in [6.07, 6.45) is 19.2. The Labute approximate surface area is 263 Å². The summed E-state index contributed by atoms with van der Waals surface area (Å²) in [5.41, 5.74) is 1.13. The molecule has 0 radical (unpaired) electrons. The number of unbranched alkanes of at least 4 members (excludes halogenated alkanes) is 13. The number of hydrogen-bond acceptors (Lipinski definition) is 8. The Bertz CT molecular complexity index is 658. The van der Waals surface area contributed by atoms with E-state index >= 15 is 0 Å². The highest BCUT2D eigenvalue weighted by Gasteiger charge is 1.99. The SMILES string of the molecule is CCCCCCCCCCCCCCCCOc1ccc(COCCOCCOCCOCCOCCOCCO)cc1. The van der Waals surface area contributed by atoms with E-state index in [1.165, 1.54) is 83.5 Å². The number of ether oxygens (including phenoxy) is 7. The fourth-order valence-electron chi connectivity index (χ4n) is 4.52. The van der Waals surface area contributed by atoms with Crippen LogP contribution in [-0.4, -0.2) is 91.0 Å². The zero-order chi connectivity index (χ0) is 30.7. The summed E-state index contributed by atoms with van der Waals surface area (Å²) < 4.78 is 38.5. The zero-order valence-electron chi connectivity index (χ0n) is 27.4. The van der Waals surface area contributed by atoms with Crippen LogP contribution >= 0.6 is 0 Å². The van der Waals surface area contributed by atoms with Gasteiger partial charge in [-0.2, -0.15) is 0 Å². The van der Waals surface area contributed by atoms with Crippen LogP contribution in [0.25, 0.3) is 0 Å². The maximum atomic E-state index is 8.59. The predicted molar refractivity (Wildman–Crippen MR) is 173 cm³/mol. The van der Waals surface area contributed by atoms with Crippen molar-refractivity contribution in [1.82, 2.24) is 0 Å². The molecule has 8 heteroatoms. The van der Waals surface area contributed by atoms with Crippen LogP contribution in [-0.2, 0) is 35.0 Å². The topological polar surface area (TPSA) is 84.8 Å². The van der Waals surface area contributed by atoms with Crippen LogP contribution in [0.5, 0.6) is 5.75 Å². The second-order valence-electron chi connectivity index (χ2n) is 10.9. The monoisotopic (exact) mass is 612 g/mol. The van der Waals surface area contributed by atoms with E-state index in [0.29, 0.717) is 79.3 Å². The maximum Gasteiger partial charge on any atom is 0.119 e. The van der Waals surface area contributed by atoms with Gasteiger partial charge in [-0.25, -0.2) is 0 Å². The highest BCUT2D eigenvalue weighted by Crippen LogP contribution is 2.15. The molecule has 43 heavy (non-hydrogen) atoms. The molecule has 252 valence electrons. The van der Waals surface area contributed by atoms with Gasteiger partial charge in [0.2, 0.25) is 0 Å². The molecule has 0 atom stereocenters. The molecule has 0 heterocycles. The van der Waals surface area contributed by atoms with Crippen molar-refractivity contribution in [3.05, 3.63) is 29.8 Å². The van der Waals surface area contributed by atoms with Crippen molar-refractivity contribution < 1.29 is 38.3 Å². The van der Waals surface area contributed by atoms with E-state index in [2.05, 4.69) is 19.1 Å². The van der Waals surface area contributed by atoms with Crippen molar-refractivity contribution in [3.8, 4) is 5.75 Å². The lowest BCUT2D eigenvalue weighted by Gasteiger charge is -2.09. The Balaban J connectivity index is 1.80. The van der Waals surface area contributed by atoms with Gasteiger partial charge < -0.3 is 38.3 Å². The lowest BCUT2D eigenvalue weighted by molar-refractivity contribution is -0.0190. The minimum Gasteiger partial charge on any atom is -0.494 e. The Morgan fingerprint density at radius 2 is 0.791 bits per heavy atom. The van der Waals surface area contributed by atoms with Crippen molar-refractivity contribution in [3.63, 3.8) is 0 Å². The summed E-state index contributed by atoms with van der Waals surface area (Å²) in [5.74, 6) is 0.931. The summed E-state index contributed by atoms with van der Waals surface area (Å²) in [4.78, 5) is 0. The van der Waals surface area contributed by atoms with Crippen LogP contribution in [0.3, 0.4) is 0 Å². The molecular formula is C35H64O8. The Kier molecular flexibility index (Phi) is 31.1. The minimum absolute atomic E-state index is 0.0347. The van der Waals surface area contributed by atoms with Gasteiger partial charge in [-0.3, -0.25) is 0 Å². The molecule has 1 aromatic rings. The minimum atomic E-state index is 0.0347. The van der Waals surface area contributed by atoms with Gasteiger partial charge in [-0.15, -0.1) is 0 Å². The van der Waals surface area contributed by atoms with Gasteiger partial charge in [0.1, 0.15) is 5.75 Å². The van der Waals surface area contributed by atoms with Gasteiger partial charge in [0.25, 0.3) is 0 Å². The standard InChI is InChI=1S/C35H64O8/c1-2-3-4-5-6-7-8-9-10-11-12-13-14-15-21-43-35-18-16-34(17-19-35)33-42-32-31-41-30-29-40-28-27-39-26-25-38-24-23-37-22-20-36/h16-19,36H,2-15,20-33H2,1H3. The van der Waals surface area contributed by atoms with Crippen molar-refractivity contribution in [1.29, 1.82) is 0 Å². The number of hydrogen-bond donors (Lipinski definition) is 1. The molecular weight excluding hydrogens is 548 g/mol. The molecule has 0 aromatic heterocycles. The quantitative estimate of drug-likeness (QED) is 0.0810. The molecule has 0 spiro atoms. The lowest BCUT2D eigenvalue weighted by Crippen LogP contribution is -2.14. The first-order valence-corrected chi connectivity index (χ1v) is 17.2. The van der Waals surface area contributed by atoms with E-state index in [0.717, 1.165) is 24.3 Å².